The van der Waals surface area contributed by atoms with Crippen molar-refractivity contribution in [3.8, 4) is 0 Å². The van der Waals surface area contributed by atoms with E-state index in [2.05, 4.69) is 29.1 Å². The third-order valence-electron chi connectivity index (χ3n) is 4.39. The van der Waals surface area contributed by atoms with Crippen molar-refractivity contribution in [2.75, 3.05) is 16.9 Å². The largest absolute Gasteiger partial charge is 0.308 e. The Kier molecular flexibility index (Phi) is 5.29. The zero-order valence-corrected chi connectivity index (χ0v) is 14.2. The number of hydrogen-bond acceptors (Lipinski definition) is 6. The Hall–Kier alpha value is -0.460. The van der Waals surface area contributed by atoms with Crippen molar-refractivity contribution in [2.24, 2.45) is 5.84 Å². The SMILES string of the molecule is CCC1SCCSC1c1nc(NN)cc(C2CCCC2)n1. The molecule has 0 bridgehead atoms. The summed E-state index contributed by atoms with van der Waals surface area (Å²) in [5.74, 6) is 10.4. The van der Waals surface area contributed by atoms with Crippen LogP contribution >= 0.6 is 23.5 Å². The molecule has 21 heavy (non-hydrogen) atoms. The summed E-state index contributed by atoms with van der Waals surface area (Å²) in [4.78, 5) is 9.61. The van der Waals surface area contributed by atoms with E-state index >= 15 is 0 Å². The first kappa shape index (κ1) is 15.4. The molecule has 2 aliphatic rings. The Bertz CT molecular complexity index is 477. The van der Waals surface area contributed by atoms with Crippen LogP contribution in [0.15, 0.2) is 6.07 Å². The van der Waals surface area contributed by atoms with Gasteiger partial charge in [-0.2, -0.15) is 11.8 Å². The van der Waals surface area contributed by atoms with Crippen LogP contribution < -0.4 is 11.3 Å². The Balaban J connectivity index is 1.90. The second-order valence-electron chi connectivity index (χ2n) is 5.77. The van der Waals surface area contributed by atoms with Gasteiger partial charge in [0.15, 0.2) is 0 Å². The zero-order chi connectivity index (χ0) is 14.7. The molecule has 0 spiro atoms. The maximum absolute atomic E-state index is 5.63. The molecule has 1 aliphatic heterocycles. The van der Waals surface area contributed by atoms with Gasteiger partial charge in [0.05, 0.1) is 5.25 Å². The molecule has 1 aliphatic carbocycles. The Morgan fingerprint density at radius 1 is 1.24 bits per heavy atom. The standard InChI is InChI=1S/C15H24N4S2/c1-2-12-14(21-8-7-20-12)15-17-11(9-13(18-15)19-16)10-5-3-4-6-10/h9-10,12,14H,2-8,16H2,1H3,(H,17,18,19). The molecule has 4 nitrogen and oxygen atoms in total. The normalized spacial score (nSPS) is 27.0. The monoisotopic (exact) mass is 324 g/mol. The highest BCUT2D eigenvalue weighted by molar-refractivity contribution is 8.06. The number of hydrogen-bond donors (Lipinski definition) is 2. The second-order valence-corrected chi connectivity index (χ2v) is 8.37. The van der Waals surface area contributed by atoms with Crippen molar-refractivity contribution < 1.29 is 0 Å². The Morgan fingerprint density at radius 3 is 2.71 bits per heavy atom. The van der Waals surface area contributed by atoms with Crippen LogP contribution in [0.25, 0.3) is 0 Å². The maximum atomic E-state index is 5.63. The predicted molar refractivity (Wildman–Crippen MR) is 92.8 cm³/mol. The molecule has 1 saturated heterocycles. The molecule has 0 amide bonds. The van der Waals surface area contributed by atoms with E-state index in [1.807, 2.05) is 17.8 Å². The number of nitrogens with two attached hydrogens (primary N) is 1. The lowest BCUT2D eigenvalue weighted by Crippen LogP contribution is -2.22. The van der Waals surface area contributed by atoms with Crippen LogP contribution in [0.3, 0.4) is 0 Å². The fraction of sp³-hybridized carbons (Fsp3) is 0.733. The van der Waals surface area contributed by atoms with Crippen LogP contribution in [0, 0.1) is 0 Å². The summed E-state index contributed by atoms with van der Waals surface area (Å²) in [7, 11) is 0. The average molecular weight is 325 g/mol. The molecule has 1 aromatic heterocycles. The molecule has 2 atom stereocenters. The molecular formula is C15H24N4S2. The highest BCUT2D eigenvalue weighted by atomic mass is 32.2. The molecule has 6 heteroatoms. The van der Waals surface area contributed by atoms with Crippen LogP contribution in [-0.2, 0) is 0 Å². The number of nitrogens with one attached hydrogen (secondary N) is 1. The van der Waals surface area contributed by atoms with Crippen molar-refractivity contribution in [1.29, 1.82) is 0 Å². The van der Waals surface area contributed by atoms with Crippen LogP contribution in [-0.4, -0.2) is 26.7 Å². The van der Waals surface area contributed by atoms with Gasteiger partial charge in [-0.3, -0.25) is 0 Å². The maximum Gasteiger partial charge on any atom is 0.145 e. The van der Waals surface area contributed by atoms with E-state index in [1.54, 1.807) is 0 Å². The van der Waals surface area contributed by atoms with Gasteiger partial charge in [-0.15, -0.1) is 11.8 Å². The molecule has 1 saturated carbocycles. The summed E-state index contributed by atoms with van der Waals surface area (Å²) < 4.78 is 0. The van der Waals surface area contributed by atoms with Gasteiger partial charge in [0.25, 0.3) is 0 Å². The molecule has 3 rings (SSSR count). The number of aromatic nitrogens is 2. The van der Waals surface area contributed by atoms with E-state index in [9.17, 15) is 0 Å². The first-order valence-corrected chi connectivity index (χ1v) is 10.00. The third kappa shape index (κ3) is 3.48. The van der Waals surface area contributed by atoms with E-state index < -0.39 is 0 Å². The van der Waals surface area contributed by atoms with Crippen molar-refractivity contribution in [3.05, 3.63) is 17.6 Å². The van der Waals surface area contributed by atoms with Crippen LogP contribution in [0.5, 0.6) is 0 Å². The summed E-state index contributed by atoms with van der Waals surface area (Å²) in [6, 6.07) is 2.04. The van der Waals surface area contributed by atoms with E-state index in [1.165, 1.54) is 49.3 Å². The molecule has 116 valence electrons. The summed E-state index contributed by atoms with van der Waals surface area (Å²) in [5.41, 5.74) is 3.93. The lowest BCUT2D eigenvalue weighted by Gasteiger charge is -2.29. The van der Waals surface area contributed by atoms with Gasteiger partial charge >= 0.3 is 0 Å². The summed E-state index contributed by atoms with van der Waals surface area (Å²) in [5, 5.41) is 1.02. The average Bonchev–Trinajstić information content (AvgIpc) is 3.09. The van der Waals surface area contributed by atoms with Crippen LogP contribution in [0.4, 0.5) is 5.82 Å². The molecule has 2 unspecified atom stereocenters. The first-order chi connectivity index (χ1) is 10.3. The molecule has 3 N–H and O–H groups in total. The molecule has 1 aromatic rings. The predicted octanol–water partition coefficient (Wildman–Crippen LogP) is 3.72. The number of nitrogen functional groups attached to an aromatic ring is 1. The summed E-state index contributed by atoms with van der Waals surface area (Å²) >= 11 is 4.07. The third-order valence-corrected chi connectivity index (χ3v) is 7.63. The highest BCUT2D eigenvalue weighted by Gasteiger charge is 2.30. The van der Waals surface area contributed by atoms with Crippen molar-refractivity contribution in [3.63, 3.8) is 0 Å². The quantitative estimate of drug-likeness (QED) is 0.650. The number of hydrazine groups is 1. The molecule has 0 aromatic carbocycles. The van der Waals surface area contributed by atoms with Gasteiger partial charge in [0.1, 0.15) is 11.6 Å². The Morgan fingerprint density at radius 2 is 2.00 bits per heavy atom. The Labute approximate surface area is 135 Å². The van der Waals surface area contributed by atoms with Gasteiger partial charge in [-0.25, -0.2) is 15.8 Å². The number of thioether (sulfide) groups is 2. The minimum atomic E-state index is 0.405. The first-order valence-electron chi connectivity index (χ1n) is 7.90. The van der Waals surface area contributed by atoms with Gasteiger partial charge in [-0.1, -0.05) is 19.8 Å². The second kappa shape index (κ2) is 7.20. The fourth-order valence-corrected chi connectivity index (χ4v) is 6.25. The lowest BCUT2D eigenvalue weighted by atomic mass is 10.0. The van der Waals surface area contributed by atoms with Crippen molar-refractivity contribution >= 4 is 29.3 Å². The minimum absolute atomic E-state index is 0.405. The van der Waals surface area contributed by atoms with Gasteiger partial charge in [-0.05, 0) is 19.3 Å². The minimum Gasteiger partial charge on any atom is -0.308 e. The van der Waals surface area contributed by atoms with Crippen molar-refractivity contribution in [2.45, 2.75) is 55.4 Å². The topological polar surface area (TPSA) is 63.8 Å². The van der Waals surface area contributed by atoms with Crippen LogP contribution in [0.2, 0.25) is 0 Å². The van der Waals surface area contributed by atoms with Gasteiger partial charge in [0.2, 0.25) is 0 Å². The van der Waals surface area contributed by atoms with Gasteiger partial charge < -0.3 is 5.43 Å². The molecule has 0 radical (unpaired) electrons. The number of rotatable bonds is 4. The highest BCUT2D eigenvalue weighted by Crippen LogP contribution is 2.43. The smallest absolute Gasteiger partial charge is 0.145 e. The van der Waals surface area contributed by atoms with Crippen molar-refractivity contribution in [1.82, 2.24) is 9.97 Å². The molecule has 2 fully saturated rings. The molecular weight excluding hydrogens is 300 g/mol. The number of anilines is 1. The zero-order valence-electron chi connectivity index (χ0n) is 12.5. The summed E-state index contributed by atoms with van der Waals surface area (Å²) in [6.45, 7) is 2.26. The molecule has 2 heterocycles. The fourth-order valence-electron chi connectivity index (χ4n) is 3.26. The van der Waals surface area contributed by atoms with E-state index in [-0.39, 0.29) is 0 Å². The van der Waals surface area contributed by atoms with Gasteiger partial charge in [0, 0.05) is 34.4 Å². The van der Waals surface area contributed by atoms with E-state index in [0.29, 0.717) is 16.4 Å². The number of nitrogens with zero attached hydrogens (tertiary/aromatic N) is 2. The van der Waals surface area contributed by atoms with E-state index in [4.69, 9.17) is 10.8 Å². The summed E-state index contributed by atoms with van der Waals surface area (Å²) in [6.07, 6.45) is 6.32. The lowest BCUT2D eigenvalue weighted by molar-refractivity contribution is 0.672. The van der Waals surface area contributed by atoms with E-state index in [0.717, 1.165) is 11.6 Å². The van der Waals surface area contributed by atoms with Crippen LogP contribution in [0.1, 0.15) is 61.7 Å².